The van der Waals surface area contributed by atoms with E-state index in [-0.39, 0.29) is 0 Å². The Labute approximate surface area is 138 Å². The lowest BCUT2D eigenvalue weighted by atomic mass is 10.2. The number of fused-ring (bicyclic) bond motifs is 1. The molecule has 126 valence electrons. The number of aromatic nitrogens is 2. The first-order valence-electron chi connectivity index (χ1n) is 8.56. The molecule has 5 nitrogen and oxygen atoms in total. The monoisotopic (exact) mass is 316 g/mol. The minimum atomic E-state index is 0.414. The topological polar surface area (TPSA) is 33.5 Å². The van der Waals surface area contributed by atoms with Crippen LogP contribution in [-0.2, 0) is 11.2 Å². The molecule has 23 heavy (non-hydrogen) atoms. The molecule has 5 heteroatoms. The summed E-state index contributed by atoms with van der Waals surface area (Å²) in [5, 5.41) is 0. The van der Waals surface area contributed by atoms with Crippen LogP contribution in [0, 0.1) is 0 Å². The maximum absolute atomic E-state index is 5.44. The molecule has 2 heterocycles. The highest BCUT2D eigenvalue weighted by molar-refractivity contribution is 5.76. The maximum atomic E-state index is 5.44. The van der Waals surface area contributed by atoms with Crippen LogP contribution in [-0.4, -0.2) is 72.8 Å². The normalized spacial score (nSPS) is 17.9. The molecule has 0 saturated carbocycles. The van der Waals surface area contributed by atoms with Gasteiger partial charge in [-0.1, -0.05) is 12.1 Å². The number of hydrogen-bond donors (Lipinski definition) is 0. The Morgan fingerprint density at radius 3 is 2.70 bits per heavy atom. The molecular formula is C18H28N4O. The first-order valence-corrected chi connectivity index (χ1v) is 8.56. The summed E-state index contributed by atoms with van der Waals surface area (Å²) in [7, 11) is 4.26. The predicted octanol–water partition coefficient (Wildman–Crippen LogP) is 2.03. The van der Waals surface area contributed by atoms with Crippen molar-refractivity contribution in [1.82, 2.24) is 19.4 Å². The van der Waals surface area contributed by atoms with Gasteiger partial charge in [-0.15, -0.1) is 0 Å². The van der Waals surface area contributed by atoms with Gasteiger partial charge in [-0.25, -0.2) is 4.98 Å². The van der Waals surface area contributed by atoms with E-state index < -0.39 is 0 Å². The van der Waals surface area contributed by atoms with Crippen molar-refractivity contribution in [1.29, 1.82) is 0 Å². The lowest BCUT2D eigenvalue weighted by molar-refractivity contribution is 0.0381. The summed E-state index contributed by atoms with van der Waals surface area (Å²) in [4.78, 5) is 9.63. The zero-order valence-corrected chi connectivity index (χ0v) is 14.5. The van der Waals surface area contributed by atoms with E-state index in [0.29, 0.717) is 6.04 Å². The predicted molar refractivity (Wildman–Crippen MR) is 94.0 cm³/mol. The zero-order chi connectivity index (χ0) is 16.2. The molecule has 3 rings (SSSR count). The summed E-state index contributed by atoms with van der Waals surface area (Å²) in [5.74, 6) is 1.20. The molecule has 0 radical (unpaired) electrons. The second-order valence-corrected chi connectivity index (χ2v) is 6.70. The number of ether oxygens (including phenoxy) is 1. The minimum absolute atomic E-state index is 0.414. The summed E-state index contributed by atoms with van der Waals surface area (Å²) < 4.78 is 7.86. The Kier molecular flexibility index (Phi) is 5.30. The highest BCUT2D eigenvalue weighted by Gasteiger charge is 2.18. The number of para-hydroxylation sites is 2. The zero-order valence-electron chi connectivity index (χ0n) is 14.5. The molecule has 1 fully saturated rings. The molecule has 0 unspecified atom stereocenters. The summed E-state index contributed by atoms with van der Waals surface area (Å²) in [6, 6.07) is 8.90. The lowest BCUT2D eigenvalue weighted by Crippen LogP contribution is -2.37. The Balaban J connectivity index is 1.82. The third-order valence-corrected chi connectivity index (χ3v) is 4.49. The fourth-order valence-corrected chi connectivity index (χ4v) is 3.46. The van der Waals surface area contributed by atoms with E-state index >= 15 is 0 Å². The smallest absolute Gasteiger partial charge is 0.111 e. The standard InChI is InChI=1S/C18H28N4O/c1-15(14-20(2)3)22-17-7-5-4-6-16(17)19-18(22)8-9-21-10-12-23-13-11-21/h4-7,15H,8-14H2,1-3H3/t15-/m1/s1. The van der Waals surface area contributed by atoms with Crippen molar-refractivity contribution in [3.63, 3.8) is 0 Å². The van der Waals surface area contributed by atoms with Crippen LogP contribution in [0.25, 0.3) is 11.0 Å². The van der Waals surface area contributed by atoms with Crippen LogP contribution in [0.3, 0.4) is 0 Å². The van der Waals surface area contributed by atoms with Gasteiger partial charge >= 0.3 is 0 Å². The molecule has 0 aliphatic carbocycles. The van der Waals surface area contributed by atoms with Crippen molar-refractivity contribution in [2.75, 3.05) is 53.5 Å². The van der Waals surface area contributed by atoms with Gasteiger partial charge in [0.15, 0.2) is 0 Å². The van der Waals surface area contributed by atoms with Crippen molar-refractivity contribution in [2.45, 2.75) is 19.4 Å². The lowest BCUT2D eigenvalue weighted by Gasteiger charge is -2.27. The van der Waals surface area contributed by atoms with Crippen molar-refractivity contribution < 1.29 is 4.74 Å². The van der Waals surface area contributed by atoms with Crippen LogP contribution < -0.4 is 0 Å². The Morgan fingerprint density at radius 2 is 1.96 bits per heavy atom. The van der Waals surface area contributed by atoms with Gasteiger partial charge in [0, 0.05) is 38.6 Å². The molecule has 0 spiro atoms. The van der Waals surface area contributed by atoms with Gasteiger partial charge in [0.25, 0.3) is 0 Å². The molecule has 0 amide bonds. The maximum Gasteiger partial charge on any atom is 0.111 e. The highest BCUT2D eigenvalue weighted by Crippen LogP contribution is 2.22. The van der Waals surface area contributed by atoms with Crippen LogP contribution in [0.15, 0.2) is 24.3 Å². The summed E-state index contributed by atoms with van der Waals surface area (Å²) >= 11 is 0. The fraction of sp³-hybridized carbons (Fsp3) is 0.611. The second-order valence-electron chi connectivity index (χ2n) is 6.70. The number of nitrogens with zero attached hydrogens (tertiary/aromatic N) is 4. The van der Waals surface area contributed by atoms with Crippen LogP contribution in [0.1, 0.15) is 18.8 Å². The average Bonchev–Trinajstić information content (AvgIpc) is 2.91. The van der Waals surface area contributed by atoms with E-state index in [4.69, 9.17) is 9.72 Å². The van der Waals surface area contributed by atoms with Crippen molar-refractivity contribution >= 4 is 11.0 Å². The fourth-order valence-electron chi connectivity index (χ4n) is 3.46. The molecule has 1 atom stereocenters. The van der Waals surface area contributed by atoms with Crippen LogP contribution in [0.5, 0.6) is 0 Å². The number of rotatable bonds is 6. The minimum Gasteiger partial charge on any atom is -0.379 e. The highest BCUT2D eigenvalue weighted by atomic mass is 16.5. The SMILES string of the molecule is C[C@H](CN(C)C)n1c(CCN2CCOCC2)nc2ccccc21. The Morgan fingerprint density at radius 1 is 1.22 bits per heavy atom. The quantitative estimate of drug-likeness (QED) is 0.816. The van der Waals surface area contributed by atoms with Crippen LogP contribution in [0.2, 0.25) is 0 Å². The van der Waals surface area contributed by atoms with Crippen molar-refractivity contribution in [2.24, 2.45) is 0 Å². The van der Waals surface area contributed by atoms with Crippen LogP contribution >= 0.6 is 0 Å². The van der Waals surface area contributed by atoms with Gasteiger partial charge in [0.1, 0.15) is 5.82 Å². The van der Waals surface area contributed by atoms with Gasteiger partial charge < -0.3 is 14.2 Å². The van der Waals surface area contributed by atoms with Gasteiger partial charge in [0.2, 0.25) is 0 Å². The van der Waals surface area contributed by atoms with E-state index in [1.54, 1.807) is 0 Å². The Hall–Kier alpha value is -1.43. The molecule has 1 aliphatic heterocycles. The number of hydrogen-bond acceptors (Lipinski definition) is 4. The van der Waals surface area contributed by atoms with Crippen molar-refractivity contribution in [3.8, 4) is 0 Å². The summed E-state index contributed by atoms with van der Waals surface area (Å²) in [6.45, 7) is 8.14. The first kappa shape index (κ1) is 16.4. The molecule has 2 aromatic rings. The van der Waals surface area contributed by atoms with E-state index in [2.05, 4.69) is 59.7 Å². The number of imidazole rings is 1. The van der Waals surface area contributed by atoms with Gasteiger partial charge in [0.05, 0.1) is 24.2 Å². The average molecular weight is 316 g/mol. The molecule has 1 saturated heterocycles. The molecule has 0 N–H and O–H groups in total. The van der Waals surface area contributed by atoms with Gasteiger partial charge in [-0.2, -0.15) is 0 Å². The van der Waals surface area contributed by atoms with E-state index in [1.807, 2.05) is 0 Å². The van der Waals surface area contributed by atoms with Gasteiger partial charge in [-0.3, -0.25) is 4.90 Å². The Bertz CT molecular complexity index is 631. The van der Waals surface area contributed by atoms with Crippen LogP contribution in [0.4, 0.5) is 0 Å². The first-order chi connectivity index (χ1) is 11.1. The van der Waals surface area contributed by atoms with E-state index in [1.165, 1.54) is 11.3 Å². The van der Waals surface area contributed by atoms with E-state index in [9.17, 15) is 0 Å². The molecule has 0 bridgehead atoms. The molecule has 1 aliphatic rings. The third-order valence-electron chi connectivity index (χ3n) is 4.49. The largest absolute Gasteiger partial charge is 0.379 e. The second kappa shape index (κ2) is 7.43. The third kappa shape index (κ3) is 3.91. The number of benzene rings is 1. The molecular weight excluding hydrogens is 288 g/mol. The summed E-state index contributed by atoms with van der Waals surface area (Å²) in [6.07, 6.45) is 0.993. The summed E-state index contributed by atoms with van der Waals surface area (Å²) in [5.41, 5.74) is 2.36. The molecule has 1 aromatic heterocycles. The van der Waals surface area contributed by atoms with Crippen molar-refractivity contribution in [3.05, 3.63) is 30.1 Å². The van der Waals surface area contributed by atoms with E-state index in [0.717, 1.165) is 51.3 Å². The molecule has 1 aromatic carbocycles. The van der Waals surface area contributed by atoms with Gasteiger partial charge in [-0.05, 0) is 33.2 Å². The number of morpholine rings is 1. The number of likely N-dealkylation sites (N-methyl/N-ethyl adjacent to an activating group) is 1.